The maximum atomic E-state index is 12.7. The summed E-state index contributed by atoms with van der Waals surface area (Å²) in [6, 6.07) is 9.65. The van der Waals surface area contributed by atoms with Crippen molar-refractivity contribution in [2.75, 3.05) is 18.8 Å². The van der Waals surface area contributed by atoms with Crippen LogP contribution in [-0.4, -0.2) is 39.1 Å². The fourth-order valence-electron chi connectivity index (χ4n) is 2.01. The summed E-state index contributed by atoms with van der Waals surface area (Å²) in [5, 5.41) is 6.70. The minimum absolute atomic E-state index is 0.0552. The second kappa shape index (κ2) is 7.12. The Balaban J connectivity index is 2.28. The maximum absolute atomic E-state index is 12.7. The highest BCUT2D eigenvalue weighted by Crippen LogP contribution is 2.35. The topological polar surface area (TPSA) is 87.9 Å². The number of nitrogens with one attached hydrogen (secondary N) is 1. The molecule has 0 fully saturated rings. The number of thioether (sulfide) groups is 1. The van der Waals surface area contributed by atoms with Crippen molar-refractivity contribution in [3.63, 3.8) is 0 Å². The smallest absolute Gasteiger partial charge is 0.240 e. The first-order valence-electron chi connectivity index (χ1n) is 6.84. The van der Waals surface area contributed by atoms with E-state index in [9.17, 15) is 4.79 Å². The molecule has 1 atom stereocenters. The lowest BCUT2D eigenvalue weighted by atomic mass is 10.1. The molecule has 0 aliphatic rings. The number of anilines is 1. The van der Waals surface area contributed by atoms with Crippen LogP contribution in [0.1, 0.15) is 24.7 Å². The Kier molecular flexibility index (Phi) is 5.21. The first-order chi connectivity index (χ1) is 10.2. The molecule has 0 aliphatic carbocycles. The number of likely N-dealkylation sites (N-methyl/N-ethyl adjacent to an activating group) is 1. The number of hydrogen-bond acceptors (Lipinski definition) is 5. The summed E-state index contributed by atoms with van der Waals surface area (Å²) < 4.78 is 0. The number of hydrogen-bond donors (Lipinski definition) is 2. The van der Waals surface area contributed by atoms with Crippen LogP contribution in [0.5, 0.6) is 0 Å². The zero-order valence-electron chi connectivity index (χ0n) is 12.1. The van der Waals surface area contributed by atoms with Crippen LogP contribution in [0.3, 0.4) is 0 Å². The Morgan fingerprint density at radius 2 is 2.00 bits per heavy atom. The van der Waals surface area contributed by atoms with E-state index < -0.39 is 0 Å². The molecule has 0 bridgehead atoms. The summed E-state index contributed by atoms with van der Waals surface area (Å²) >= 11 is 1.31. The van der Waals surface area contributed by atoms with E-state index in [4.69, 9.17) is 5.73 Å². The monoisotopic (exact) mass is 305 g/mol. The second-order valence-electron chi connectivity index (χ2n) is 4.42. The van der Waals surface area contributed by atoms with Crippen LogP contribution < -0.4 is 5.73 Å². The highest BCUT2D eigenvalue weighted by molar-refractivity contribution is 8.00. The fourth-order valence-corrected chi connectivity index (χ4v) is 3.01. The number of rotatable bonds is 6. The van der Waals surface area contributed by atoms with Gasteiger partial charge in [-0.2, -0.15) is 4.98 Å². The molecule has 1 aromatic carbocycles. The van der Waals surface area contributed by atoms with Crippen molar-refractivity contribution in [1.82, 2.24) is 20.1 Å². The van der Waals surface area contributed by atoms with E-state index in [0.717, 1.165) is 5.56 Å². The Morgan fingerprint density at radius 1 is 1.33 bits per heavy atom. The van der Waals surface area contributed by atoms with E-state index in [2.05, 4.69) is 15.2 Å². The Morgan fingerprint density at radius 3 is 2.52 bits per heavy atom. The van der Waals surface area contributed by atoms with Gasteiger partial charge >= 0.3 is 0 Å². The second-order valence-corrected chi connectivity index (χ2v) is 5.49. The molecule has 0 radical (unpaired) electrons. The number of H-pyrrole nitrogens is 1. The average molecular weight is 305 g/mol. The van der Waals surface area contributed by atoms with Crippen molar-refractivity contribution in [1.29, 1.82) is 0 Å². The molecule has 112 valence electrons. The van der Waals surface area contributed by atoms with Gasteiger partial charge in [-0.05, 0) is 19.4 Å². The van der Waals surface area contributed by atoms with Crippen molar-refractivity contribution in [3.05, 3.63) is 35.9 Å². The first kappa shape index (κ1) is 15.4. The molecule has 0 aliphatic heterocycles. The Bertz CT molecular complexity index is 582. The van der Waals surface area contributed by atoms with Crippen molar-refractivity contribution < 1.29 is 4.79 Å². The van der Waals surface area contributed by atoms with E-state index in [-0.39, 0.29) is 17.1 Å². The van der Waals surface area contributed by atoms with Crippen LogP contribution >= 0.6 is 11.8 Å². The largest absolute Gasteiger partial charge is 0.368 e. The number of aromatic amines is 1. The SMILES string of the molecule is CCN(CC)C(=O)[C@H](Sc1n[nH]c(N)n1)c1ccccc1. The Hall–Kier alpha value is -2.02. The predicted molar refractivity (Wildman–Crippen MR) is 83.8 cm³/mol. The molecule has 21 heavy (non-hydrogen) atoms. The van der Waals surface area contributed by atoms with Gasteiger partial charge in [0.2, 0.25) is 17.0 Å². The van der Waals surface area contributed by atoms with Gasteiger partial charge in [-0.25, -0.2) is 5.10 Å². The summed E-state index contributed by atoms with van der Waals surface area (Å²) in [5.41, 5.74) is 6.48. The van der Waals surface area contributed by atoms with Gasteiger partial charge in [-0.3, -0.25) is 4.79 Å². The molecule has 7 heteroatoms. The zero-order chi connectivity index (χ0) is 15.2. The van der Waals surface area contributed by atoms with Gasteiger partial charge in [0.05, 0.1) is 0 Å². The summed E-state index contributed by atoms with van der Waals surface area (Å²) in [5.74, 6) is 0.305. The van der Waals surface area contributed by atoms with E-state index in [1.807, 2.05) is 44.2 Å². The lowest BCUT2D eigenvalue weighted by Gasteiger charge is -2.24. The molecule has 0 spiro atoms. The average Bonchev–Trinajstić information content (AvgIpc) is 2.92. The van der Waals surface area contributed by atoms with Gasteiger partial charge in [0, 0.05) is 13.1 Å². The minimum Gasteiger partial charge on any atom is -0.368 e. The number of aromatic nitrogens is 3. The standard InChI is InChI=1S/C14H19N5OS/c1-3-19(4-2)12(20)11(10-8-6-5-7-9-10)21-14-16-13(15)17-18-14/h5-9,11H,3-4H2,1-2H3,(H3,15,16,17,18)/t11-/m1/s1. The number of carbonyl (C=O) groups is 1. The minimum atomic E-state index is -0.374. The molecule has 2 aromatic rings. The number of nitrogen functional groups attached to an aromatic ring is 1. The van der Waals surface area contributed by atoms with Crippen molar-refractivity contribution in [3.8, 4) is 0 Å². The first-order valence-corrected chi connectivity index (χ1v) is 7.72. The molecule has 1 heterocycles. The molecule has 6 nitrogen and oxygen atoms in total. The molecular formula is C14H19N5OS. The van der Waals surface area contributed by atoms with E-state index in [1.54, 1.807) is 4.90 Å². The lowest BCUT2D eigenvalue weighted by Crippen LogP contribution is -2.33. The van der Waals surface area contributed by atoms with Crippen molar-refractivity contribution in [2.24, 2.45) is 0 Å². The van der Waals surface area contributed by atoms with Crippen molar-refractivity contribution in [2.45, 2.75) is 24.3 Å². The number of nitrogens with zero attached hydrogens (tertiary/aromatic N) is 3. The number of carbonyl (C=O) groups excluding carboxylic acids is 1. The lowest BCUT2D eigenvalue weighted by molar-refractivity contribution is -0.130. The number of amides is 1. The molecule has 3 N–H and O–H groups in total. The van der Waals surface area contributed by atoms with E-state index >= 15 is 0 Å². The molecule has 2 rings (SSSR count). The van der Waals surface area contributed by atoms with Crippen LogP contribution in [0, 0.1) is 0 Å². The third-order valence-corrected chi connectivity index (χ3v) is 4.21. The molecular weight excluding hydrogens is 286 g/mol. The predicted octanol–water partition coefficient (Wildman–Crippen LogP) is 2.09. The fraction of sp³-hybridized carbons (Fsp3) is 0.357. The summed E-state index contributed by atoms with van der Waals surface area (Å²) in [6.07, 6.45) is 0. The third kappa shape index (κ3) is 3.75. The van der Waals surface area contributed by atoms with E-state index in [1.165, 1.54) is 11.8 Å². The molecule has 1 amide bonds. The number of nitrogens with two attached hydrogens (primary N) is 1. The van der Waals surface area contributed by atoms with Crippen molar-refractivity contribution >= 4 is 23.6 Å². The highest BCUT2D eigenvalue weighted by atomic mass is 32.2. The summed E-state index contributed by atoms with van der Waals surface area (Å²) in [6.45, 7) is 5.29. The Labute approximate surface area is 128 Å². The van der Waals surface area contributed by atoms with Gasteiger partial charge in [0.1, 0.15) is 5.25 Å². The van der Waals surface area contributed by atoms with Gasteiger partial charge in [0.25, 0.3) is 0 Å². The molecule has 0 saturated heterocycles. The normalized spacial score (nSPS) is 12.1. The molecule has 1 aromatic heterocycles. The van der Waals surface area contributed by atoms with Crippen LogP contribution in [-0.2, 0) is 4.79 Å². The van der Waals surface area contributed by atoms with Gasteiger partial charge in [0.15, 0.2) is 0 Å². The van der Waals surface area contributed by atoms with Crippen LogP contribution in [0.25, 0.3) is 0 Å². The van der Waals surface area contributed by atoms with E-state index in [0.29, 0.717) is 18.2 Å². The summed E-state index contributed by atoms with van der Waals surface area (Å²) in [7, 11) is 0. The number of benzene rings is 1. The van der Waals surface area contributed by atoms with Crippen LogP contribution in [0.15, 0.2) is 35.5 Å². The maximum Gasteiger partial charge on any atom is 0.240 e. The van der Waals surface area contributed by atoms with Gasteiger partial charge in [-0.1, -0.05) is 42.1 Å². The zero-order valence-corrected chi connectivity index (χ0v) is 12.9. The molecule has 0 saturated carbocycles. The molecule has 0 unspecified atom stereocenters. The van der Waals surface area contributed by atoms with Crippen LogP contribution in [0.2, 0.25) is 0 Å². The van der Waals surface area contributed by atoms with Crippen LogP contribution in [0.4, 0.5) is 5.95 Å². The quantitative estimate of drug-likeness (QED) is 0.798. The third-order valence-electron chi connectivity index (χ3n) is 3.11. The van der Waals surface area contributed by atoms with Gasteiger partial charge in [-0.15, -0.1) is 5.10 Å². The van der Waals surface area contributed by atoms with Gasteiger partial charge < -0.3 is 10.6 Å². The summed E-state index contributed by atoms with van der Waals surface area (Å²) in [4.78, 5) is 18.6. The highest BCUT2D eigenvalue weighted by Gasteiger charge is 2.27.